The zero-order valence-electron chi connectivity index (χ0n) is 22.2. The first-order chi connectivity index (χ1) is 19.4. The van der Waals surface area contributed by atoms with Gasteiger partial charge in [0.05, 0.1) is 35.8 Å². The number of phenols is 1. The van der Waals surface area contributed by atoms with E-state index >= 15 is 0 Å². The molecule has 11 heteroatoms. The monoisotopic (exact) mass is 542 g/mol. The van der Waals surface area contributed by atoms with E-state index in [2.05, 4.69) is 20.3 Å². The third-order valence-electron chi connectivity index (χ3n) is 7.85. The number of likely N-dealkylation sites (tertiary alicyclic amines) is 2. The number of aromatic nitrogens is 3. The van der Waals surface area contributed by atoms with Crippen molar-refractivity contribution in [3.8, 4) is 17.2 Å². The molecule has 0 unspecified atom stereocenters. The molecule has 3 aliphatic rings. The average Bonchev–Trinajstić information content (AvgIpc) is 3.25. The van der Waals surface area contributed by atoms with E-state index in [1.54, 1.807) is 36.1 Å². The molecule has 6 rings (SSSR count). The molecule has 1 saturated carbocycles. The number of aromatic hydroxyl groups is 1. The maximum Gasteiger partial charge on any atom is 0.272 e. The fraction of sp³-hybridized carbons (Fsp3) is 0.379. The van der Waals surface area contributed by atoms with Crippen LogP contribution < -0.4 is 10.1 Å². The van der Waals surface area contributed by atoms with Crippen molar-refractivity contribution in [3.05, 3.63) is 65.4 Å². The lowest BCUT2D eigenvalue weighted by molar-refractivity contribution is -0.132. The molecule has 0 spiro atoms. The van der Waals surface area contributed by atoms with E-state index in [0.29, 0.717) is 29.9 Å². The molecule has 2 saturated heterocycles. The summed E-state index contributed by atoms with van der Waals surface area (Å²) in [6.07, 6.45) is 9.09. The zero-order valence-corrected chi connectivity index (χ0v) is 22.2. The SMILES string of the molecule is Cc1cnc(NC(=O)c2cc([C@H]3CCN(C4CCC4)C3=O)cc(Oc3ccc(C(=O)N4CCC4)nc3)c2O)cn1. The fourth-order valence-electron chi connectivity index (χ4n) is 5.17. The van der Waals surface area contributed by atoms with Crippen LogP contribution in [-0.4, -0.2) is 73.3 Å². The Balaban J connectivity index is 1.30. The number of nitrogens with zero attached hydrogens (tertiary/aromatic N) is 5. The van der Waals surface area contributed by atoms with Crippen LogP contribution in [0.2, 0.25) is 0 Å². The first kappa shape index (κ1) is 25.7. The summed E-state index contributed by atoms with van der Waals surface area (Å²) in [5, 5.41) is 13.8. The van der Waals surface area contributed by atoms with Gasteiger partial charge in [0.25, 0.3) is 11.8 Å². The average molecular weight is 543 g/mol. The smallest absolute Gasteiger partial charge is 0.272 e. The number of anilines is 1. The summed E-state index contributed by atoms with van der Waals surface area (Å²) in [4.78, 5) is 55.2. The highest BCUT2D eigenvalue weighted by Crippen LogP contribution is 2.41. The van der Waals surface area contributed by atoms with Crippen molar-refractivity contribution in [2.45, 2.75) is 51.0 Å². The Bertz CT molecular complexity index is 1450. The number of nitrogens with one attached hydrogen (secondary N) is 1. The van der Waals surface area contributed by atoms with Crippen molar-refractivity contribution in [1.29, 1.82) is 0 Å². The first-order valence-corrected chi connectivity index (χ1v) is 13.6. The van der Waals surface area contributed by atoms with Crippen molar-refractivity contribution in [3.63, 3.8) is 0 Å². The van der Waals surface area contributed by atoms with Gasteiger partial charge in [-0.25, -0.2) is 9.97 Å². The number of hydrogen-bond acceptors (Lipinski definition) is 8. The van der Waals surface area contributed by atoms with Crippen molar-refractivity contribution in [2.24, 2.45) is 0 Å². The van der Waals surface area contributed by atoms with Crippen LogP contribution in [0.3, 0.4) is 0 Å². The summed E-state index contributed by atoms with van der Waals surface area (Å²) in [7, 11) is 0. The molecule has 4 heterocycles. The van der Waals surface area contributed by atoms with Gasteiger partial charge in [0.2, 0.25) is 5.91 Å². The zero-order chi connectivity index (χ0) is 27.8. The number of pyridine rings is 1. The molecule has 1 aliphatic carbocycles. The fourth-order valence-corrected chi connectivity index (χ4v) is 5.17. The van der Waals surface area contributed by atoms with Gasteiger partial charge in [0, 0.05) is 25.7 Å². The largest absolute Gasteiger partial charge is 0.504 e. The predicted octanol–water partition coefficient (Wildman–Crippen LogP) is 3.64. The minimum absolute atomic E-state index is 0.0103. The summed E-state index contributed by atoms with van der Waals surface area (Å²) in [5.74, 6) is -1.07. The van der Waals surface area contributed by atoms with Gasteiger partial charge in [-0.3, -0.25) is 19.4 Å². The Morgan fingerprint density at radius 2 is 1.82 bits per heavy atom. The van der Waals surface area contributed by atoms with Gasteiger partial charge in [0.1, 0.15) is 11.4 Å². The number of benzene rings is 1. The Morgan fingerprint density at radius 1 is 1.00 bits per heavy atom. The van der Waals surface area contributed by atoms with Crippen LogP contribution in [0.5, 0.6) is 17.2 Å². The standard InChI is InChI=1S/C29H30N6O5/c1-17-14-32-25(16-30-17)33-27(37)22-12-18(21-8-11-35(28(21)38)19-4-2-5-19)13-24(26(22)36)40-20-6-7-23(31-15-20)29(39)34-9-3-10-34/h6-7,12-16,19,21,36H,2-5,8-11H2,1H3,(H,32,33,37)/t21-/m1/s1. The minimum atomic E-state index is -0.614. The Morgan fingerprint density at radius 3 is 2.45 bits per heavy atom. The Kier molecular flexibility index (Phi) is 6.79. The van der Waals surface area contributed by atoms with E-state index in [9.17, 15) is 19.5 Å². The number of carbonyl (C=O) groups is 3. The van der Waals surface area contributed by atoms with E-state index in [4.69, 9.17) is 4.74 Å². The molecule has 2 aliphatic heterocycles. The van der Waals surface area contributed by atoms with Crippen molar-refractivity contribution in [1.82, 2.24) is 24.8 Å². The molecule has 0 bridgehead atoms. The van der Waals surface area contributed by atoms with Crippen LogP contribution in [0.4, 0.5) is 5.82 Å². The summed E-state index contributed by atoms with van der Waals surface area (Å²) in [6, 6.07) is 6.57. The summed E-state index contributed by atoms with van der Waals surface area (Å²) in [6.45, 7) is 3.88. The molecular weight excluding hydrogens is 512 g/mol. The van der Waals surface area contributed by atoms with Crippen LogP contribution in [0, 0.1) is 6.92 Å². The maximum absolute atomic E-state index is 13.3. The van der Waals surface area contributed by atoms with Crippen molar-refractivity contribution in [2.75, 3.05) is 25.0 Å². The molecule has 3 fully saturated rings. The highest BCUT2D eigenvalue weighted by atomic mass is 16.5. The first-order valence-electron chi connectivity index (χ1n) is 13.6. The third kappa shape index (κ3) is 4.94. The van der Waals surface area contributed by atoms with Gasteiger partial charge in [-0.05, 0) is 68.9 Å². The van der Waals surface area contributed by atoms with E-state index in [-0.39, 0.29) is 46.5 Å². The number of ether oxygens (including phenoxy) is 1. The molecule has 11 nitrogen and oxygen atoms in total. The third-order valence-corrected chi connectivity index (χ3v) is 7.85. The molecule has 2 aromatic heterocycles. The second-order valence-electron chi connectivity index (χ2n) is 10.5. The van der Waals surface area contributed by atoms with Gasteiger partial charge in [-0.1, -0.05) is 0 Å². The molecule has 40 heavy (non-hydrogen) atoms. The predicted molar refractivity (Wildman–Crippen MR) is 144 cm³/mol. The molecule has 2 N–H and O–H groups in total. The minimum Gasteiger partial charge on any atom is -0.504 e. The van der Waals surface area contributed by atoms with Gasteiger partial charge in [-0.15, -0.1) is 0 Å². The highest BCUT2D eigenvalue weighted by molar-refractivity contribution is 6.06. The van der Waals surface area contributed by atoms with Gasteiger partial charge in [0.15, 0.2) is 17.3 Å². The lowest BCUT2D eigenvalue weighted by atomic mass is 9.91. The lowest BCUT2D eigenvalue weighted by Gasteiger charge is -2.34. The quantitative estimate of drug-likeness (QED) is 0.462. The number of hydrogen-bond donors (Lipinski definition) is 2. The van der Waals surface area contributed by atoms with Crippen LogP contribution in [0.1, 0.15) is 70.1 Å². The maximum atomic E-state index is 13.3. The second kappa shape index (κ2) is 10.6. The van der Waals surface area contributed by atoms with E-state index in [0.717, 1.165) is 38.8 Å². The summed E-state index contributed by atoms with van der Waals surface area (Å²) >= 11 is 0. The van der Waals surface area contributed by atoms with Gasteiger partial charge >= 0.3 is 0 Å². The number of rotatable bonds is 7. The van der Waals surface area contributed by atoms with Gasteiger partial charge in [-0.2, -0.15) is 0 Å². The molecule has 206 valence electrons. The van der Waals surface area contributed by atoms with Crippen LogP contribution in [-0.2, 0) is 4.79 Å². The molecule has 3 aromatic rings. The number of amides is 3. The van der Waals surface area contributed by atoms with E-state index in [1.165, 1.54) is 18.6 Å². The second-order valence-corrected chi connectivity index (χ2v) is 10.5. The van der Waals surface area contributed by atoms with Crippen LogP contribution in [0.25, 0.3) is 0 Å². The van der Waals surface area contributed by atoms with Crippen molar-refractivity contribution < 1.29 is 24.2 Å². The molecular formula is C29H30N6O5. The van der Waals surface area contributed by atoms with Gasteiger partial charge < -0.3 is 25.0 Å². The molecule has 3 amide bonds. The molecule has 1 atom stereocenters. The van der Waals surface area contributed by atoms with Crippen molar-refractivity contribution >= 4 is 23.5 Å². The van der Waals surface area contributed by atoms with E-state index < -0.39 is 11.8 Å². The summed E-state index contributed by atoms with van der Waals surface area (Å²) < 4.78 is 5.97. The highest BCUT2D eigenvalue weighted by Gasteiger charge is 2.39. The number of phenolic OH excluding ortho intramolecular Hbond substituents is 1. The van der Waals surface area contributed by atoms with Crippen LogP contribution in [0.15, 0.2) is 42.9 Å². The number of carbonyl (C=O) groups excluding carboxylic acids is 3. The normalized spacial score (nSPS) is 18.7. The Labute approximate surface area is 231 Å². The topological polar surface area (TPSA) is 138 Å². The van der Waals surface area contributed by atoms with E-state index in [1.807, 2.05) is 4.90 Å². The number of aryl methyl sites for hydroxylation is 1. The molecule has 0 radical (unpaired) electrons. The van der Waals surface area contributed by atoms with Crippen LogP contribution >= 0.6 is 0 Å². The Hall–Kier alpha value is -4.54. The lowest BCUT2D eigenvalue weighted by Crippen LogP contribution is -2.42. The molecule has 1 aromatic carbocycles. The summed E-state index contributed by atoms with van der Waals surface area (Å²) in [5.41, 5.74) is 1.53.